The molecular weight excluding hydrogens is 391 g/mol. The first-order valence-corrected chi connectivity index (χ1v) is 11.2. The zero-order valence-electron chi connectivity index (χ0n) is 18.8. The van der Waals surface area contributed by atoms with E-state index in [4.69, 9.17) is 0 Å². The highest BCUT2D eigenvalue weighted by molar-refractivity contribution is 5.99. The lowest BCUT2D eigenvalue weighted by molar-refractivity contribution is 0.0716. The minimum absolute atomic E-state index is 0.0318. The molecule has 1 aliphatic heterocycles. The molecule has 2 aromatic heterocycles. The van der Waals surface area contributed by atoms with Gasteiger partial charge < -0.3 is 14.8 Å². The molecule has 1 aliphatic rings. The third-order valence-corrected chi connectivity index (χ3v) is 6.33. The third-order valence-electron chi connectivity index (χ3n) is 6.33. The molecular formula is C25H31FN4O. The van der Waals surface area contributed by atoms with Crippen LogP contribution in [-0.2, 0) is 6.42 Å². The number of pyridine rings is 1. The lowest BCUT2D eigenvalue weighted by atomic mass is 9.97. The molecule has 1 aromatic carbocycles. The molecule has 0 saturated carbocycles. The van der Waals surface area contributed by atoms with Crippen molar-refractivity contribution in [1.29, 1.82) is 0 Å². The minimum atomic E-state index is -0.407. The fourth-order valence-electron chi connectivity index (χ4n) is 4.78. The van der Waals surface area contributed by atoms with Crippen molar-refractivity contribution in [1.82, 2.24) is 19.8 Å². The number of aromatic nitrogens is 2. The van der Waals surface area contributed by atoms with E-state index in [1.54, 1.807) is 11.0 Å². The number of rotatable bonds is 6. The number of nitrogens with zero attached hydrogens (tertiary/aromatic N) is 3. The quantitative estimate of drug-likeness (QED) is 0.637. The summed E-state index contributed by atoms with van der Waals surface area (Å²) in [4.78, 5) is 19.5. The zero-order valence-corrected chi connectivity index (χ0v) is 18.8. The average Bonchev–Trinajstić information content (AvgIpc) is 3.37. The predicted molar refractivity (Wildman–Crippen MR) is 122 cm³/mol. The van der Waals surface area contributed by atoms with Crippen LogP contribution in [0.1, 0.15) is 48.7 Å². The van der Waals surface area contributed by atoms with E-state index in [-0.39, 0.29) is 11.9 Å². The summed E-state index contributed by atoms with van der Waals surface area (Å²) in [6, 6.07) is 4.52. The van der Waals surface area contributed by atoms with Gasteiger partial charge in [-0.3, -0.25) is 9.78 Å². The van der Waals surface area contributed by atoms with Crippen LogP contribution < -0.4 is 5.32 Å². The highest BCUT2D eigenvalue weighted by atomic mass is 19.1. The van der Waals surface area contributed by atoms with Gasteiger partial charge in [0.1, 0.15) is 5.82 Å². The third kappa shape index (κ3) is 4.09. The maximum Gasteiger partial charge on any atom is 0.256 e. The fraction of sp³-hybridized carbons (Fsp3) is 0.440. The summed E-state index contributed by atoms with van der Waals surface area (Å²) in [6.07, 6.45) is 7.98. The number of amides is 1. The van der Waals surface area contributed by atoms with E-state index in [9.17, 15) is 9.18 Å². The van der Waals surface area contributed by atoms with Gasteiger partial charge in [0.05, 0.1) is 23.0 Å². The summed E-state index contributed by atoms with van der Waals surface area (Å²) in [6.45, 7) is 10.6. The number of aryl methyl sites for hydroxylation is 1. The molecule has 1 saturated heterocycles. The Morgan fingerprint density at radius 2 is 2.16 bits per heavy atom. The molecule has 0 bridgehead atoms. The van der Waals surface area contributed by atoms with Gasteiger partial charge in [0.15, 0.2) is 0 Å². The SMILES string of the molecule is CCN(C(=O)c1cc(F)ccc1-n1cc(C[C@H]2CCNC2)c2c(C)cncc21)C(C)C. The average molecular weight is 423 g/mol. The van der Waals surface area contributed by atoms with Crippen molar-refractivity contribution in [3.05, 3.63) is 59.3 Å². The molecule has 5 nitrogen and oxygen atoms in total. The molecule has 0 unspecified atom stereocenters. The van der Waals surface area contributed by atoms with E-state index < -0.39 is 5.82 Å². The van der Waals surface area contributed by atoms with E-state index in [1.807, 2.05) is 37.7 Å². The van der Waals surface area contributed by atoms with Crippen LogP contribution in [0.2, 0.25) is 0 Å². The molecule has 31 heavy (non-hydrogen) atoms. The second-order valence-electron chi connectivity index (χ2n) is 8.78. The van der Waals surface area contributed by atoms with Crippen LogP contribution in [0.3, 0.4) is 0 Å². The number of halogens is 1. The van der Waals surface area contributed by atoms with Crippen molar-refractivity contribution in [2.45, 2.75) is 46.6 Å². The number of nitrogens with one attached hydrogen (secondary N) is 1. The second kappa shape index (κ2) is 8.79. The molecule has 1 amide bonds. The van der Waals surface area contributed by atoms with Crippen LogP contribution >= 0.6 is 0 Å². The van der Waals surface area contributed by atoms with Crippen LogP contribution in [0.4, 0.5) is 4.39 Å². The summed E-state index contributed by atoms with van der Waals surface area (Å²) in [5, 5.41) is 4.62. The highest BCUT2D eigenvalue weighted by Crippen LogP contribution is 2.31. The molecule has 0 spiro atoms. The first kappa shape index (κ1) is 21.5. The molecule has 1 N–H and O–H groups in total. The Bertz CT molecular complexity index is 1100. The molecule has 0 aliphatic carbocycles. The van der Waals surface area contributed by atoms with E-state index in [0.29, 0.717) is 23.7 Å². The molecule has 6 heteroatoms. The van der Waals surface area contributed by atoms with E-state index in [0.717, 1.165) is 37.0 Å². The van der Waals surface area contributed by atoms with Gasteiger partial charge in [-0.25, -0.2) is 4.39 Å². The van der Waals surface area contributed by atoms with Gasteiger partial charge in [-0.05, 0) is 88.9 Å². The summed E-state index contributed by atoms with van der Waals surface area (Å²) >= 11 is 0. The summed E-state index contributed by atoms with van der Waals surface area (Å²) in [5.41, 5.74) is 4.39. The van der Waals surface area contributed by atoms with Gasteiger partial charge in [-0.1, -0.05) is 0 Å². The lowest BCUT2D eigenvalue weighted by Gasteiger charge is -2.26. The molecule has 3 heterocycles. The molecule has 1 atom stereocenters. The smallest absolute Gasteiger partial charge is 0.256 e. The predicted octanol–water partition coefficient (Wildman–Crippen LogP) is 4.50. The van der Waals surface area contributed by atoms with Gasteiger partial charge in [-0.2, -0.15) is 0 Å². The lowest BCUT2D eigenvalue weighted by Crippen LogP contribution is -2.37. The summed E-state index contributed by atoms with van der Waals surface area (Å²) in [7, 11) is 0. The van der Waals surface area contributed by atoms with E-state index in [2.05, 4.69) is 23.4 Å². The number of benzene rings is 1. The molecule has 4 rings (SSSR count). The highest BCUT2D eigenvalue weighted by Gasteiger charge is 2.24. The summed E-state index contributed by atoms with van der Waals surface area (Å²) < 4.78 is 16.3. The van der Waals surface area contributed by atoms with Gasteiger partial charge in [-0.15, -0.1) is 0 Å². The number of carbonyl (C=O) groups is 1. The topological polar surface area (TPSA) is 50.2 Å². The number of fused-ring (bicyclic) bond motifs is 1. The Morgan fingerprint density at radius 3 is 2.84 bits per heavy atom. The van der Waals surface area contributed by atoms with Crippen LogP contribution in [-0.4, -0.2) is 46.0 Å². The standard InChI is InChI=1S/C25H31FN4O/c1-5-29(16(2)3)25(31)21-11-20(26)6-7-22(21)30-15-19(10-18-8-9-27-13-18)24-17(4)12-28-14-23(24)30/h6-7,11-12,14-16,18,27H,5,8-10,13H2,1-4H3/t18-/m1/s1. The van der Waals surface area contributed by atoms with Gasteiger partial charge in [0.2, 0.25) is 0 Å². The molecule has 0 radical (unpaired) electrons. The van der Waals surface area contributed by atoms with Crippen molar-refractivity contribution in [3.8, 4) is 5.69 Å². The normalized spacial score (nSPS) is 16.4. The Balaban J connectivity index is 1.87. The monoisotopic (exact) mass is 422 g/mol. The van der Waals surface area contributed by atoms with Gasteiger partial charge >= 0.3 is 0 Å². The van der Waals surface area contributed by atoms with Crippen LogP contribution in [0, 0.1) is 18.7 Å². The van der Waals surface area contributed by atoms with E-state index in [1.165, 1.54) is 23.1 Å². The van der Waals surface area contributed by atoms with Gasteiger partial charge in [0.25, 0.3) is 5.91 Å². The number of hydrogen-bond acceptors (Lipinski definition) is 3. The number of hydrogen-bond donors (Lipinski definition) is 1. The largest absolute Gasteiger partial charge is 0.336 e. The van der Waals surface area contributed by atoms with Crippen LogP contribution in [0.25, 0.3) is 16.6 Å². The zero-order chi connectivity index (χ0) is 22.1. The second-order valence-corrected chi connectivity index (χ2v) is 8.78. The van der Waals surface area contributed by atoms with Crippen molar-refractivity contribution in [2.24, 2.45) is 5.92 Å². The maximum atomic E-state index is 14.2. The Hall–Kier alpha value is -2.73. The first-order valence-electron chi connectivity index (χ1n) is 11.2. The minimum Gasteiger partial charge on any atom is -0.336 e. The van der Waals surface area contributed by atoms with Crippen molar-refractivity contribution in [2.75, 3.05) is 19.6 Å². The number of carbonyl (C=O) groups excluding carboxylic acids is 1. The maximum absolute atomic E-state index is 14.2. The molecule has 164 valence electrons. The fourth-order valence-corrected chi connectivity index (χ4v) is 4.78. The Morgan fingerprint density at radius 1 is 1.35 bits per heavy atom. The van der Waals surface area contributed by atoms with Crippen molar-refractivity contribution >= 4 is 16.8 Å². The summed E-state index contributed by atoms with van der Waals surface area (Å²) in [5.74, 6) is 0.0309. The first-order chi connectivity index (χ1) is 14.9. The molecule has 3 aromatic rings. The molecule has 1 fully saturated rings. The Labute approximate surface area is 183 Å². The van der Waals surface area contributed by atoms with Crippen molar-refractivity contribution < 1.29 is 9.18 Å². The van der Waals surface area contributed by atoms with Gasteiger partial charge in [0, 0.05) is 30.4 Å². The van der Waals surface area contributed by atoms with Crippen molar-refractivity contribution in [3.63, 3.8) is 0 Å². The van der Waals surface area contributed by atoms with Crippen LogP contribution in [0.15, 0.2) is 36.8 Å². The van der Waals surface area contributed by atoms with Crippen LogP contribution in [0.5, 0.6) is 0 Å². The van der Waals surface area contributed by atoms with E-state index >= 15 is 0 Å². The Kier molecular flexibility index (Phi) is 6.10.